The highest BCUT2D eigenvalue weighted by atomic mass is 28.4. The van der Waals surface area contributed by atoms with Crippen molar-refractivity contribution >= 4 is 14.3 Å². The lowest BCUT2D eigenvalue weighted by Gasteiger charge is -2.45. The molecule has 2 aliphatic rings. The minimum atomic E-state index is -1.75. The lowest BCUT2D eigenvalue weighted by atomic mass is 9.69. The summed E-state index contributed by atoms with van der Waals surface area (Å²) < 4.78 is 11.6. The second kappa shape index (κ2) is 5.79. The van der Waals surface area contributed by atoms with Gasteiger partial charge in [0.25, 0.3) is 0 Å². The summed E-state index contributed by atoms with van der Waals surface area (Å²) in [4.78, 5) is 11.8. The molecule has 0 aliphatic heterocycles. The van der Waals surface area contributed by atoms with E-state index in [1.165, 1.54) is 7.11 Å². The van der Waals surface area contributed by atoms with Crippen LogP contribution in [0.15, 0.2) is 11.6 Å². The smallest absolute Gasteiger partial charge is 0.333 e. The molecule has 0 aromatic carbocycles. The number of rotatable bonds is 3. The lowest BCUT2D eigenvalue weighted by molar-refractivity contribution is -0.136. The maximum atomic E-state index is 11.8. The molecule has 0 radical (unpaired) electrons. The Kier molecular flexibility index (Phi) is 4.67. The van der Waals surface area contributed by atoms with Gasteiger partial charge in [-0.25, -0.2) is 4.79 Å². The monoisotopic (exact) mass is 324 g/mol. The van der Waals surface area contributed by atoms with Crippen molar-refractivity contribution in [3.05, 3.63) is 11.6 Å². The fraction of sp³-hybridized carbons (Fsp3) is 0.833. The summed E-state index contributed by atoms with van der Waals surface area (Å²) >= 11 is 0. The number of fused-ring (bicyclic) bond motifs is 1. The molecule has 0 N–H and O–H groups in total. The van der Waals surface area contributed by atoms with Gasteiger partial charge in [-0.2, -0.15) is 0 Å². The van der Waals surface area contributed by atoms with Gasteiger partial charge in [0.15, 0.2) is 8.32 Å². The van der Waals surface area contributed by atoms with Gasteiger partial charge >= 0.3 is 5.97 Å². The Morgan fingerprint density at radius 3 is 2.50 bits per heavy atom. The molecule has 2 aliphatic carbocycles. The summed E-state index contributed by atoms with van der Waals surface area (Å²) in [6, 6.07) is 0. The molecule has 0 bridgehead atoms. The number of hydrogen-bond acceptors (Lipinski definition) is 3. The molecule has 126 valence electrons. The number of allylic oxidation sites excluding steroid dienone is 1. The number of esters is 1. The second-order valence-electron chi connectivity index (χ2n) is 8.78. The van der Waals surface area contributed by atoms with Crippen molar-refractivity contribution in [2.45, 2.75) is 77.6 Å². The standard InChI is InChI=1S/C18H32O3Si/c1-17(2,3)22(6,7)21-15-9-8-14-12-13(16(19)20-5)10-11-18(14,15)4/h10,14-15H,8-9,11-12H2,1-7H3/t14?,15-,18+/m0/s1. The zero-order valence-electron chi connectivity index (χ0n) is 15.3. The van der Waals surface area contributed by atoms with Gasteiger partial charge in [0.1, 0.15) is 0 Å². The van der Waals surface area contributed by atoms with Crippen molar-refractivity contribution in [1.29, 1.82) is 0 Å². The van der Waals surface area contributed by atoms with Crippen molar-refractivity contribution in [3.8, 4) is 0 Å². The highest BCUT2D eigenvalue weighted by Crippen LogP contribution is 2.54. The summed E-state index contributed by atoms with van der Waals surface area (Å²) in [6.45, 7) is 13.9. The molecular weight excluding hydrogens is 292 g/mol. The number of ether oxygens (including phenoxy) is 1. The fourth-order valence-electron chi connectivity index (χ4n) is 3.62. The Morgan fingerprint density at radius 2 is 1.95 bits per heavy atom. The van der Waals surface area contributed by atoms with Crippen LogP contribution in [0.1, 0.15) is 53.4 Å². The molecule has 0 amide bonds. The minimum Gasteiger partial charge on any atom is -0.466 e. The van der Waals surface area contributed by atoms with E-state index in [0.29, 0.717) is 12.0 Å². The Balaban J connectivity index is 2.16. The van der Waals surface area contributed by atoms with E-state index in [2.05, 4.69) is 46.9 Å². The first-order valence-corrected chi connectivity index (χ1v) is 11.4. The first kappa shape index (κ1) is 17.7. The average molecular weight is 325 g/mol. The van der Waals surface area contributed by atoms with Crippen molar-refractivity contribution in [1.82, 2.24) is 0 Å². The molecule has 22 heavy (non-hydrogen) atoms. The van der Waals surface area contributed by atoms with E-state index in [1.54, 1.807) is 0 Å². The maximum absolute atomic E-state index is 11.8. The van der Waals surface area contributed by atoms with E-state index in [0.717, 1.165) is 31.3 Å². The van der Waals surface area contributed by atoms with Crippen LogP contribution in [0.2, 0.25) is 18.1 Å². The predicted octanol–water partition coefficient (Wildman–Crippen LogP) is 4.69. The van der Waals surface area contributed by atoms with Crippen LogP contribution in [0.5, 0.6) is 0 Å². The topological polar surface area (TPSA) is 35.5 Å². The number of hydrogen-bond donors (Lipinski definition) is 0. The average Bonchev–Trinajstić information content (AvgIpc) is 2.72. The van der Waals surface area contributed by atoms with Crippen LogP contribution in [0.3, 0.4) is 0 Å². The summed E-state index contributed by atoms with van der Waals surface area (Å²) in [6.07, 6.45) is 6.48. The zero-order chi connectivity index (χ0) is 16.8. The normalized spacial score (nSPS) is 32.4. The van der Waals surface area contributed by atoms with Crippen LogP contribution >= 0.6 is 0 Å². The molecule has 1 fully saturated rings. The van der Waals surface area contributed by atoms with E-state index in [4.69, 9.17) is 9.16 Å². The Hall–Kier alpha value is -0.613. The van der Waals surface area contributed by atoms with Gasteiger partial charge in [-0.15, -0.1) is 0 Å². The number of methoxy groups -OCH3 is 1. The van der Waals surface area contributed by atoms with Crippen molar-refractivity contribution in [3.63, 3.8) is 0 Å². The Bertz CT molecular complexity index is 475. The van der Waals surface area contributed by atoms with Gasteiger partial charge in [0, 0.05) is 5.57 Å². The van der Waals surface area contributed by atoms with E-state index >= 15 is 0 Å². The third kappa shape index (κ3) is 3.05. The molecule has 3 atom stereocenters. The molecule has 0 spiro atoms. The van der Waals surface area contributed by atoms with Gasteiger partial charge < -0.3 is 9.16 Å². The van der Waals surface area contributed by atoms with Crippen LogP contribution in [0.25, 0.3) is 0 Å². The van der Waals surface area contributed by atoms with Gasteiger partial charge in [-0.1, -0.05) is 33.8 Å². The van der Waals surface area contributed by atoms with E-state index in [9.17, 15) is 4.79 Å². The third-order valence-corrected chi connectivity index (χ3v) is 10.9. The molecule has 0 heterocycles. The Morgan fingerprint density at radius 1 is 1.32 bits per heavy atom. The third-order valence-electron chi connectivity index (χ3n) is 6.39. The van der Waals surface area contributed by atoms with Gasteiger partial charge in [0.2, 0.25) is 0 Å². The first-order chi connectivity index (χ1) is 10.0. The van der Waals surface area contributed by atoms with Crippen molar-refractivity contribution in [2.24, 2.45) is 11.3 Å². The predicted molar refractivity (Wildman–Crippen MR) is 92.2 cm³/mol. The molecule has 3 nitrogen and oxygen atoms in total. The van der Waals surface area contributed by atoms with Crippen LogP contribution < -0.4 is 0 Å². The van der Waals surface area contributed by atoms with E-state index < -0.39 is 8.32 Å². The van der Waals surface area contributed by atoms with Gasteiger partial charge in [-0.3, -0.25) is 0 Å². The summed E-state index contributed by atoms with van der Waals surface area (Å²) in [5, 5.41) is 0.239. The van der Waals surface area contributed by atoms with E-state index in [1.807, 2.05) is 0 Å². The molecular formula is C18H32O3Si. The van der Waals surface area contributed by atoms with Crippen molar-refractivity contribution in [2.75, 3.05) is 7.11 Å². The SMILES string of the molecule is COC(=O)C1=CC[C@]2(C)C(CC[C@@H]2O[Si](C)(C)C(C)(C)C)C1. The van der Waals surface area contributed by atoms with Gasteiger partial charge in [0.05, 0.1) is 13.2 Å². The van der Waals surface area contributed by atoms with Gasteiger partial charge in [-0.05, 0) is 55.1 Å². The maximum Gasteiger partial charge on any atom is 0.333 e. The summed E-state index contributed by atoms with van der Waals surface area (Å²) in [5.74, 6) is 0.386. The van der Waals surface area contributed by atoms with Crippen LogP contribution in [-0.2, 0) is 14.0 Å². The number of carbonyl (C=O) groups excluding carboxylic acids is 1. The van der Waals surface area contributed by atoms with Crippen LogP contribution in [0, 0.1) is 11.3 Å². The zero-order valence-corrected chi connectivity index (χ0v) is 16.3. The van der Waals surface area contributed by atoms with E-state index in [-0.39, 0.29) is 16.4 Å². The quantitative estimate of drug-likeness (QED) is 0.558. The van der Waals surface area contributed by atoms with Crippen LogP contribution in [-0.4, -0.2) is 27.5 Å². The molecule has 0 aromatic rings. The highest BCUT2D eigenvalue weighted by molar-refractivity contribution is 6.74. The molecule has 4 heteroatoms. The minimum absolute atomic E-state index is 0.157. The lowest BCUT2D eigenvalue weighted by Crippen LogP contribution is -2.48. The number of carbonyl (C=O) groups is 1. The second-order valence-corrected chi connectivity index (χ2v) is 13.5. The molecule has 0 aromatic heterocycles. The Labute approximate surface area is 136 Å². The molecule has 1 saturated carbocycles. The highest BCUT2D eigenvalue weighted by Gasteiger charge is 2.52. The summed E-state index contributed by atoms with van der Waals surface area (Å²) in [7, 11) is -0.284. The first-order valence-electron chi connectivity index (χ1n) is 8.46. The molecule has 1 unspecified atom stereocenters. The van der Waals surface area contributed by atoms with Crippen molar-refractivity contribution < 1.29 is 14.0 Å². The molecule has 2 rings (SSSR count). The fourth-order valence-corrected chi connectivity index (χ4v) is 5.08. The van der Waals surface area contributed by atoms with Crippen LogP contribution in [0.4, 0.5) is 0 Å². The summed E-state index contributed by atoms with van der Waals surface area (Å²) in [5.41, 5.74) is 1.03. The largest absolute Gasteiger partial charge is 0.466 e. The molecule has 0 saturated heterocycles.